The lowest BCUT2D eigenvalue weighted by Gasteiger charge is -2.23. The van der Waals surface area contributed by atoms with E-state index >= 15 is 0 Å². The molecular formula is C14H19N5S. The molecular weight excluding hydrogens is 270 g/mol. The molecule has 20 heavy (non-hydrogen) atoms. The Balaban J connectivity index is 2.50. The third-order valence-electron chi connectivity index (χ3n) is 3.19. The molecule has 1 unspecified atom stereocenters. The summed E-state index contributed by atoms with van der Waals surface area (Å²) in [4.78, 5) is 13.0. The molecule has 106 valence electrons. The van der Waals surface area contributed by atoms with Gasteiger partial charge in [0, 0.05) is 18.0 Å². The first-order valence-electron chi connectivity index (χ1n) is 6.79. The van der Waals surface area contributed by atoms with Crippen LogP contribution < -0.4 is 10.6 Å². The van der Waals surface area contributed by atoms with Gasteiger partial charge in [-0.1, -0.05) is 6.92 Å². The van der Waals surface area contributed by atoms with Gasteiger partial charge in [0.15, 0.2) is 0 Å². The lowest BCUT2D eigenvalue weighted by Crippen LogP contribution is -2.29. The van der Waals surface area contributed by atoms with Crippen molar-refractivity contribution in [2.45, 2.75) is 27.2 Å². The fourth-order valence-corrected chi connectivity index (χ4v) is 3.09. The van der Waals surface area contributed by atoms with E-state index < -0.39 is 0 Å². The van der Waals surface area contributed by atoms with Gasteiger partial charge in [0.1, 0.15) is 10.6 Å². The molecule has 2 N–H and O–H groups in total. The Morgan fingerprint density at radius 3 is 2.80 bits per heavy atom. The van der Waals surface area contributed by atoms with Crippen LogP contribution in [0.5, 0.6) is 0 Å². The minimum atomic E-state index is -0.0505. The monoisotopic (exact) mass is 289 g/mol. The number of nitrogen functional groups attached to an aromatic ring is 1. The molecule has 0 aliphatic carbocycles. The number of nitriles is 1. The normalized spacial score (nSPS) is 12.3. The molecule has 2 aromatic heterocycles. The van der Waals surface area contributed by atoms with Crippen LogP contribution in [0.25, 0.3) is 10.2 Å². The van der Waals surface area contributed by atoms with E-state index in [-0.39, 0.29) is 5.92 Å². The Labute approximate surface area is 123 Å². The van der Waals surface area contributed by atoms with Crippen molar-refractivity contribution in [3.8, 4) is 6.07 Å². The predicted molar refractivity (Wildman–Crippen MR) is 83.9 cm³/mol. The molecule has 0 saturated carbocycles. The lowest BCUT2D eigenvalue weighted by molar-refractivity contribution is 0.681. The van der Waals surface area contributed by atoms with Crippen LogP contribution in [0, 0.1) is 17.2 Å². The van der Waals surface area contributed by atoms with Crippen LogP contribution in [-0.4, -0.2) is 23.1 Å². The van der Waals surface area contributed by atoms with E-state index in [2.05, 4.69) is 40.9 Å². The Bertz CT molecular complexity index is 643. The van der Waals surface area contributed by atoms with Gasteiger partial charge in [0.2, 0.25) is 5.95 Å². The number of fused-ring (bicyclic) bond motifs is 1. The van der Waals surface area contributed by atoms with Gasteiger partial charge in [-0.05, 0) is 26.3 Å². The summed E-state index contributed by atoms with van der Waals surface area (Å²) in [5.41, 5.74) is 5.82. The quantitative estimate of drug-likeness (QED) is 0.915. The average Bonchev–Trinajstić information content (AvgIpc) is 2.86. The number of rotatable bonds is 5. The van der Waals surface area contributed by atoms with E-state index in [1.807, 2.05) is 6.92 Å². The first-order chi connectivity index (χ1) is 9.58. The van der Waals surface area contributed by atoms with Gasteiger partial charge in [-0.3, -0.25) is 0 Å². The van der Waals surface area contributed by atoms with Crippen molar-refractivity contribution in [1.82, 2.24) is 9.97 Å². The van der Waals surface area contributed by atoms with Crippen LogP contribution in [0.4, 0.5) is 11.8 Å². The zero-order chi connectivity index (χ0) is 14.7. The van der Waals surface area contributed by atoms with Crippen LogP contribution in [0.1, 0.15) is 25.6 Å². The summed E-state index contributed by atoms with van der Waals surface area (Å²) in [7, 11) is 0. The maximum Gasteiger partial charge on any atom is 0.223 e. The van der Waals surface area contributed by atoms with Gasteiger partial charge >= 0.3 is 0 Å². The molecule has 2 aromatic rings. The molecule has 0 amide bonds. The van der Waals surface area contributed by atoms with Crippen molar-refractivity contribution in [3.05, 3.63) is 10.9 Å². The fourth-order valence-electron chi connectivity index (χ4n) is 2.12. The third-order valence-corrected chi connectivity index (χ3v) is 4.36. The first-order valence-corrected chi connectivity index (χ1v) is 7.61. The smallest absolute Gasteiger partial charge is 0.223 e. The first kappa shape index (κ1) is 14.5. The Hall–Kier alpha value is -1.87. The van der Waals surface area contributed by atoms with E-state index in [0.717, 1.165) is 29.0 Å². The molecule has 2 heterocycles. The summed E-state index contributed by atoms with van der Waals surface area (Å²) < 4.78 is 0. The Kier molecular flexibility index (Phi) is 4.40. The zero-order valence-corrected chi connectivity index (χ0v) is 12.9. The van der Waals surface area contributed by atoms with Crippen molar-refractivity contribution in [3.63, 3.8) is 0 Å². The molecule has 0 radical (unpaired) electrons. The van der Waals surface area contributed by atoms with E-state index in [1.54, 1.807) is 11.3 Å². The number of nitrogens with two attached hydrogens (primary N) is 1. The maximum absolute atomic E-state index is 9.00. The SMILES string of the molecule is CCc1cc2c(N(CC)CC(C)C#N)nc(N)nc2s1. The maximum atomic E-state index is 9.00. The average molecular weight is 289 g/mol. The second-order valence-electron chi connectivity index (χ2n) is 4.76. The van der Waals surface area contributed by atoms with Crippen molar-refractivity contribution < 1.29 is 0 Å². The van der Waals surface area contributed by atoms with E-state index in [0.29, 0.717) is 12.5 Å². The van der Waals surface area contributed by atoms with Crippen LogP contribution in [0.2, 0.25) is 0 Å². The summed E-state index contributed by atoms with van der Waals surface area (Å²) in [6, 6.07) is 4.40. The van der Waals surface area contributed by atoms with E-state index in [9.17, 15) is 0 Å². The highest BCUT2D eigenvalue weighted by Gasteiger charge is 2.17. The number of aryl methyl sites for hydroxylation is 1. The number of aromatic nitrogens is 2. The summed E-state index contributed by atoms with van der Waals surface area (Å²) >= 11 is 1.66. The number of anilines is 2. The highest BCUT2D eigenvalue weighted by Crippen LogP contribution is 2.32. The van der Waals surface area contributed by atoms with Crippen LogP contribution in [0.15, 0.2) is 6.07 Å². The minimum absolute atomic E-state index is 0.0505. The second-order valence-corrected chi connectivity index (χ2v) is 5.87. The minimum Gasteiger partial charge on any atom is -0.368 e. The van der Waals surface area contributed by atoms with Crippen molar-refractivity contribution >= 4 is 33.3 Å². The number of hydrogen-bond acceptors (Lipinski definition) is 6. The standard InChI is InChI=1S/C14H19N5S/c1-4-10-6-11-12(17-14(16)18-13(11)20-10)19(5-2)8-9(3)7-15/h6,9H,4-5,8H2,1-3H3,(H2,16,17,18). The topological polar surface area (TPSA) is 78.8 Å². The molecule has 0 aliphatic rings. The van der Waals surface area contributed by atoms with Gasteiger partial charge in [0.05, 0.1) is 17.4 Å². The number of hydrogen-bond donors (Lipinski definition) is 1. The highest BCUT2D eigenvalue weighted by atomic mass is 32.1. The zero-order valence-electron chi connectivity index (χ0n) is 12.1. The molecule has 0 fully saturated rings. The summed E-state index contributed by atoms with van der Waals surface area (Å²) in [5.74, 6) is 1.08. The molecule has 0 bridgehead atoms. The predicted octanol–water partition coefficient (Wildman–Crippen LogP) is 2.82. The lowest BCUT2D eigenvalue weighted by atomic mass is 10.2. The van der Waals surface area contributed by atoms with Crippen LogP contribution >= 0.6 is 11.3 Å². The molecule has 0 spiro atoms. The van der Waals surface area contributed by atoms with Gasteiger partial charge in [-0.15, -0.1) is 11.3 Å². The third kappa shape index (κ3) is 2.83. The summed E-state index contributed by atoms with van der Waals surface area (Å²) in [6.07, 6.45) is 0.973. The van der Waals surface area contributed by atoms with Gasteiger partial charge in [-0.25, -0.2) is 4.98 Å². The number of nitrogens with zero attached hydrogens (tertiary/aromatic N) is 4. The van der Waals surface area contributed by atoms with Crippen molar-refractivity contribution in [2.24, 2.45) is 5.92 Å². The Morgan fingerprint density at radius 2 is 2.20 bits per heavy atom. The molecule has 1 atom stereocenters. The summed E-state index contributed by atoms with van der Waals surface area (Å²) in [6.45, 7) is 7.53. The van der Waals surface area contributed by atoms with Gasteiger partial charge < -0.3 is 10.6 Å². The largest absolute Gasteiger partial charge is 0.368 e. The highest BCUT2D eigenvalue weighted by molar-refractivity contribution is 7.18. The van der Waals surface area contributed by atoms with Crippen molar-refractivity contribution in [1.29, 1.82) is 5.26 Å². The van der Waals surface area contributed by atoms with Gasteiger partial charge in [0.25, 0.3) is 0 Å². The van der Waals surface area contributed by atoms with E-state index in [4.69, 9.17) is 11.0 Å². The fraction of sp³-hybridized carbons (Fsp3) is 0.500. The molecule has 0 saturated heterocycles. The van der Waals surface area contributed by atoms with Crippen LogP contribution in [-0.2, 0) is 6.42 Å². The van der Waals surface area contributed by atoms with Crippen molar-refractivity contribution in [2.75, 3.05) is 23.7 Å². The summed E-state index contributed by atoms with van der Waals surface area (Å²) in [5, 5.41) is 10.0. The molecule has 0 aliphatic heterocycles. The van der Waals surface area contributed by atoms with Gasteiger partial charge in [-0.2, -0.15) is 10.2 Å². The molecule has 0 aromatic carbocycles. The van der Waals surface area contributed by atoms with Crippen LogP contribution in [0.3, 0.4) is 0 Å². The molecule has 5 nitrogen and oxygen atoms in total. The number of thiophene rings is 1. The van der Waals surface area contributed by atoms with E-state index in [1.165, 1.54) is 4.88 Å². The molecule has 2 rings (SSSR count). The Morgan fingerprint density at radius 1 is 1.45 bits per heavy atom. The molecule has 6 heteroatoms. The second kappa shape index (κ2) is 6.06.